The summed E-state index contributed by atoms with van der Waals surface area (Å²) < 4.78 is 41.0. The number of aromatic nitrogens is 1. The van der Waals surface area contributed by atoms with Crippen LogP contribution < -0.4 is 9.05 Å². The van der Waals surface area contributed by atoms with Gasteiger partial charge in [0, 0.05) is 23.4 Å². The molecule has 1 saturated heterocycles. The number of nitrogens with zero attached hydrogens (tertiary/aromatic N) is 2. The number of carboxylic acids is 1. The number of aryl methyl sites for hydroxylation is 1. The number of benzene rings is 2. The molecule has 2 atom stereocenters. The molecule has 0 amide bonds. The number of carboxylic acid groups (broad SMARTS) is 1. The third kappa shape index (κ3) is 4.36. The zero-order valence-corrected chi connectivity index (χ0v) is 22.1. The van der Waals surface area contributed by atoms with Crippen LogP contribution >= 0.6 is 35.1 Å². The Labute approximate surface area is 219 Å². The fourth-order valence-corrected chi connectivity index (χ4v) is 8.31. The molecule has 3 N–H and O–H groups in total. The fourth-order valence-electron chi connectivity index (χ4n) is 4.94. The molecule has 1 fully saturated rings. The summed E-state index contributed by atoms with van der Waals surface area (Å²) >= 11 is 3.83. The molecular formula is C22H22N2O8S4+2. The van der Waals surface area contributed by atoms with Crippen LogP contribution in [-0.2, 0) is 31.3 Å². The Morgan fingerprint density at radius 3 is 2.78 bits per heavy atom. The van der Waals surface area contributed by atoms with Gasteiger partial charge in [-0.1, -0.05) is 16.4 Å². The maximum Gasteiger partial charge on any atom is 0.363 e. The number of thiazole rings is 1. The molecule has 2 aliphatic rings. The van der Waals surface area contributed by atoms with Gasteiger partial charge in [-0.25, -0.2) is 14.5 Å². The fraction of sp³-hybridized carbons (Fsp3) is 0.273. The summed E-state index contributed by atoms with van der Waals surface area (Å²) in [6, 6.07) is 9.25. The Kier molecular flexibility index (Phi) is 6.91. The molecule has 3 heterocycles. The highest BCUT2D eigenvalue weighted by Gasteiger charge is 2.55. The third-order valence-corrected chi connectivity index (χ3v) is 10.4. The maximum atomic E-state index is 12.5. The van der Waals surface area contributed by atoms with Crippen LogP contribution in [0.15, 0.2) is 56.1 Å². The first kappa shape index (κ1) is 25.6. The molecule has 36 heavy (non-hydrogen) atoms. The van der Waals surface area contributed by atoms with Crippen LogP contribution in [0.3, 0.4) is 0 Å². The van der Waals surface area contributed by atoms with Gasteiger partial charge in [0.2, 0.25) is 5.52 Å². The summed E-state index contributed by atoms with van der Waals surface area (Å²) in [6.45, 7) is 0.506. The SMILES string of the molecule is C[n+]1c(C=C2Sc3ccc(S(=O)(=O)O)cc3[N+]23CCCCC3C(=O)O)sc2ccc(SOOO)cc21. The summed E-state index contributed by atoms with van der Waals surface area (Å²) in [5, 5.41) is 24.0. The van der Waals surface area contributed by atoms with Gasteiger partial charge in [0.25, 0.3) is 15.1 Å². The average molecular weight is 571 g/mol. The summed E-state index contributed by atoms with van der Waals surface area (Å²) in [5.74, 6) is -0.945. The van der Waals surface area contributed by atoms with Crippen molar-refractivity contribution in [3.05, 3.63) is 46.4 Å². The minimum Gasteiger partial charge on any atom is -0.477 e. The van der Waals surface area contributed by atoms with Crippen molar-refractivity contribution in [1.29, 1.82) is 0 Å². The standard InChI is InChI=1S/C22H20N2O8S4/c1-23-15-10-13(35-32-31-27)5-7-18(15)33-20(23)12-21-24(9-3-2-4-16(24)22(25)26)17-11-14(36(28,29)30)6-8-19(17)34-21/h5-8,10-12,16H,2-4,9H2,1H3,(H-2,25,26,27,28,29,30)/p+2. The summed E-state index contributed by atoms with van der Waals surface area (Å²) in [5.41, 5.74) is 1.49. The molecule has 2 aliphatic heterocycles. The molecule has 1 spiro atoms. The van der Waals surface area contributed by atoms with Gasteiger partial charge < -0.3 is 5.11 Å². The van der Waals surface area contributed by atoms with Crippen molar-refractivity contribution < 1.29 is 42.1 Å². The number of carbonyl (C=O) groups is 1. The predicted molar refractivity (Wildman–Crippen MR) is 136 cm³/mol. The molecule has 0 saturated carbocycles. The highest BCUT2D eigenvalue weighted by atomic mass is 32.2. The van der Waals surface area contributed by atoms with E-state index in [1.165, 1.54) is 35.2 Å². The lowest BCUT2D eigenvalue weighted by Crippen LogP contribution is -2.60. The average Bonchev–Trinajstić information content (AvgIpc) is 3.31. The van der Waals surface area contributed by atoms with Crippen molar-refractivity contribution in [3.63, 3.8) is 0 Å². The van der Waals surface area contributed by atoms with Crippen molar-refractivity contribution in [2.45, 2.75) is 40.0 Å². The predicted octanol–water partition coefficient (Wildman–Crippen LogP) is 4.45. The molecule has 3 aromatic rings. The van der Waals surface area contributed by atoms with Crippen LogP contribution in [0.5, 0.6) is 0 Å². The van der Waals surface area contributed by atoms with Gasteiger partial charge in [-0.2, -0.15) is 13.0 Å². The van der Waals surface area contributed by atoms with Gasteiger partial charge in [0.15, 0.2) is 16.8 Å². The van der Waals surface area contributed by atoms with Gasteiger partial charge in [-0.3, -0.25) is 4.55 Å². The minimum atomic E-state index is -4.45. The van der Waals surface area contributed by atoms with Crippen molar-refractivity contribution >= 4 is 73.2 Å². The number of hydrogen-bond donors (Lipinski definition) is 3. The van der Waals surface area contributed by atoms with E-state index in [1.54, 1.807) is 6.07 Å². The van der Waals surface area contributed by atoms with E-state index in [9.17, 15) is 22.9 Å². The van der Waals surface area contributed by atoms with Gasteiger partial charge >= 0.3 is 5.97 Å². The molecule has 5 rings (SSSR count). The lowest BCUT2D eigenvalue weighted by molar-refractivity contribution is -0.642. The minimum absolute atomic E-state index is 0.00964. The maximum absolute atomic E-state index is 12.5. The quantitative estimate of drug-likeness (QED) is 0.0974. The molecule has 2 aromatic carbocycles. The lowest BCUT2D eigenvalue weighted by atomic mass is 9.97. The highest BCUT2D eigenvalue weighted by molar-refractivity contribution is 8.03. The Balaban J connectivity index is 1.67. The van der Waals surface area contributed by atoms with E-state index in [4.69, 9.17) is 5.26 Å². The molecule has 0 bridgehead atoms. The molecule has 190 valence electrons. The van der Waals surface area contributed by atoms with E-state index in [1.807, 2.05) is 35.9 Å². The first-order chi connectivity index (χ1) is 17.1. The van der Waals surface area contributed by atoms with Crippen LogP contribution in [0.1, 0.15) is 24.3 Å². The monoisotopic (exact) mass is 570 g/mol. The molecule has 0 aliphatic carbocycles. The zero-order chi connectivity index (χ0) is 25.7. The summed E-state index contributed by atoms with van der Waals surface area (Å²) in [7, 11) is -2.55. The number of thioether (sulfide) groups is 1. The van der Waals surface area contributed by atoms with Crippen LogP contribution in [-0.4, -0.2) is 41.9 Å². The second-order valence-electron chi connectivity index (χ2n) is 8.49. The Morgan fingerprint density at radius 1 is 1.25 bits per heavy atom. The molecule has 1 aromatic heterocycles. The normalized spacial score (nSPS) is 23.0. The van der Waals surface area contributed by atoms with E-state index < -0.39 is 22.1 Å². The number of hydrogen-bond acceptors (Lipinski definition) is 9. The molecule has 0 radical (unpaired) electrons. The third-order valence-electron chi connectivity index (χ3n) is 6.57. The van der Waals surface area contributed by atoms with Gasteiger partial charge in [-0.15, -0.1) is 4.33 Å². The Hall–Kier alpha value is -2.01. The van der Waals surface area contributed by atoms with Gasteiger partial charge in [0.1, 0.15) is 11.7 Å². The molecular weight excluding hydrogens is 549 g/mol. The van der Waals surface area contributed by atoms with Crippen molar-refractivity contribution in [3.8, 4) is 0 Å². The molecule has 14 heteroatoms. The van der Waals surface area contributed by atoms with Crippen LogP contribution in [0.2, 0.25) is 0 Å². The van der Waals surface area contributed by atoms with Gasteiger partial charge in [0.05, 0.1) is 34.5 Å². The van der Waals surface area contributed by atoms with Crippen molar-refractivity contribution in [1.82, 2.24) is 4.48 Å². The molecule has 2 unspecified atom stereocenters. The van der Waals surface area contributed by atoms with E-state index in [2.05, 4.69) is 9.37 Å². The molecule has 10 nitrogen and oxygen atoms in total. The first-order valence-electron chi connectivity index (χ1n) is 10.9. The lowest BCUT2D eigenvalue weighted by Gasteiger charge is -2.42. The van der Waals surface area contributed by atoms with Crippen LogP contribution in [0, 0.1) is 0 Å². The van der Waals surface area contributed by atoms with Crippen LogP contribution in [0.4, 0.5) is 5.69 Å². The zero-order valence-electron chi connectivity index (χ0n) is 18.9. The van der Waals surface area contributed by atoms with E-state index in [0.29, 0.717) is 18.7 Å². The number of fused-ring (bicyclic) bond motifs is 3. The van der Waals surface area contributed by atoms with E-state index in [0.717, 1.165) is 54.9 Å². The second-order valence-corrected chi connectivity index (χ2v) is 12.8. The highest BCUT2D eigenvalue weighted by Crippen LogP contribution is 2.56. The first-order valence-corrected chi connectivity index (χ1v) is 14.7. The topological polar surface area (TPSA) is 134 Å². The number of rotatable bonds is 6. The summed E-state index contributed by atoms with van der Waals surface area (Å²) in [6.07, 6.45) is 3.97. The van der Waals surface area contributed by atoms with Crippen molar-refractivity contribution in [2.24, 2.45) is 7.05 Å². The van der Waals surface area contributed by atoms with Crippen molar-refractivity contribution in [2.75, 3.05) is 6.54 Å². The van der Waals surface area contributed by atoms with E-state index >= 15 is 0 Å². The van der Waals surface area contributed by atoms with Gasteiger partial charge in [-0.05, 0) is 48.9 Å². The largest absolute Gasteiger partial charge is 0.477 e. The number of aliphatic carboxylic acids is 1. The smallest absolute Gasteiger partial charge is 0.363 e. The number of quaternary nitrogens is 1. The number of piperidine rings is 1. The summed E-state index contributed by atoms with van der Waals surface area (Å²) in [4.78, 5) is 13.7. The Bertz CT molecular complexity index is 1500. The Morgan fingerprint density at radius 2 is 2.06 bits per heavy atom. The van der Waals surface area contributed by atoms with E-state index in [-0.39, 0.29) is 9.38 Å². The second kappa shape index (κ2) is 9.70. The van der Waals surface area contributed by atoms with Crippen LogP contribution in [0.25, 0.3) is 16.3 Å².